The van der Waals surface area contributed by atoms with Crippen LogP contribution in [-0.2, 0) is 4.74 Å². The number of nitrogens with one attached hydrogen (secondary N) is 2. The summed E-state index contributed by atoms with van der Waals surface area (Å²) in [4.78, 5) is 20.5. The number of aliphatic imine (C=N–C) groups is 2. The fourth-order valence-corrected chi connectivity index (χ4v) is 3.44. The van der Waals surface area contributed by atoms with Crippen LogP contribution in [0.15, 0.2) is 26.9 Å². The van der Waals surface area contributed by atoms with Crippen LogP contribution in [0.3, 0.4) is 0 Å². The minimum atomic E-state index is -0.485. The van der Waals surface area contributed by atoms with Crippen molar-refractivity contribution >= 4 is 28.6 Å². The molecule has 4 N–H and O–H groups in total. The highest BCUT2D eigenvalue weighted by Gasteiger charge is 2.36. The molecule has 1 aliphatic rings. The van der Waals surface area contributed by atoms with Crippen molar-refractivity contribution in [3.8, 4) is 0 Å². The van der Waals surface area contributed by atoms with Crippen LogP contribution in [0, 0.1) is 5.82 Å². The average Bonchev–Trinajstić information content (AvgIpc) is 2.62. The first kappa shape index (κ1) is 18.0. The van der Waals surface area contributed by atoms with E-state index in [0.717, 1.165) is 12.8 Å². The van der Waals surface area contributed by atoms with Crippen LogP contribution in [0.2, 0.25) is 0 Å². The maximum absolute atomic E-state index is 14.0. The van der Waals surface area contributed by atoms with Gasteiger partial charge in [-0.25, -0.2) is 14.5 Å². The van der Waals surface area contributed by atoms with Gasteiger partial charge in [-0.2, -0.15) is 5.10 Å². The van der Waals surface area contributed by atoms with Gasteiger partial charge in [0.05, 0.1) is 23.3 Å². The molecule has 0 saturated carbocycles. The van der Waals surface area contributed by atoms with Crippen molar-refractivity contribution in [2.45, 2.75) is 24.8 Å². The Labute approximate surface area is 149 Å². The normalized spacial score (nSPS) is 19.9. The summed E-state index contributed by atoms with van der Waals surface area (Å²) < 4.78 is 19.1. The van der Waals surface area contributed by atoms with Gasteiger partial charge in [0.2, 0.25) is 0 Å². The molecule has 9 heteroatoms. The van der Waals surface area contributed by atoms with Gasteiger partial charge in [0.15, 0.2) is 0 Å². The minimum Gasteiger partial charge on any atom is -0.390 e. The Hall–Kier alpha value is -2.81. The number of nitrogens with zero attached hydrogens (tertiary/aromatic N) is 3. The van der Waals surface area contributed by atoms with Crippen LogP contribution in [0.25, 0.3) is 10.8 Å². The predicted molar refractivity (Wildman–Crippen MR) is 99.6 cm³/mol. The second-order valence-electron chi connectivity index (χ2n) is 6.04. The monoisotopic (exact) mass is 360 g/mol. The number of aromatic nitrogens is 2. The van der Waals surface area contributed by atoms with Gasteiger partial charge < -0.3 is 15.8 Å². The number of methoxy groups -OCH3 is 1. The van der Waals surface area contributed by atoms with Gasteiger partial charge in [0.1, 0.15) is 11.7 Å². The Morgan fingerprint density at radius 2 is 2.31 bits per heavy atom. The van der Waals surface area contributed by atoms with E-state index in [1.165, 1.54) is 18.5 Å². The first-order valence-electron chi connectivity index (χ1n) is 8.29. The van der Waals surface area contributed by atoms with Gasteiger partial charge in [-0.1, -0.05) is 0 Å². The zero-order valence-corrected chi connectivity index (χ0v) is 14.6. The summed E-state index contributed by atoms with van der Waals surface area (Å²) in [5.74, 6) is -0.340. The second-order valence-corrected chi connectivity index (χ2v) is 6.04. The van der Waals surface area contributed by atoms with E-state index >= 15 is 0 Å². The molecule has 1 aromatic carbocycles. The number of ether oxygens (including phenoxy) is 1. The van der Waals surface area contributed by atoms with Crippen LogP contribution < -0.4 is 16.6 Å². The number of aromatic amines is 1. The number of hydrogen-bond acceptors (Lipinski definition) is 5. The van der Waals surface area contributed by atoms with E-state index in [1.54, 1.807) is 14.2 Å². The van der Waals surface area contributed by atoms with Crippen LogP contribution >= 0.6 is 0 Å². The highest BCUT2D eigenvalue weighted by atomic mass is 19.1. The Morgan fingerprint density at radius 1 is 1.50 bits per heavy atom. The summed E-state index contributed by atoms with van der Waals surface area (Å²) in [7, 11) is 3.26. The van der Waals surface area contributed by atoms with Crippen molar-refractivity contribution < 1.29 is 9.13 Å². The Morgan fingerprint density at radius 3 is 3.00 bits per heavy atom. The highest BCUT2D eigenvalue weighted by molar-refractivity contribution is 6.03. The lowest BCUT2D eigenvalue weighted by atomic mass is 9.85. The van der Waals surface area contributed by atoms with Crippen molar-refractivity contribution in [2.24, 2.45) is 15.7 Å². The summed E-state index contributed by atoms with van der Waals surface area (Å²) in [5.41, 5.74) is 6.17. The lowest BCUT2D eigenvalue weighted by Crippen LogP contribution is -2.37. The predicted octanol–water partition coefficient (Wildman–Crippen LogP) is 1.38. The quantitative estimate of drug-likeness (QED) is 0.423. The lowest BCUT2D eigenvalue weighted by molar-refractivity contribution is 0.190. The Balaban J connectivity index is 2.19. The molecule has 0 saturated heterocycles. The summed E-state index contributed by atoms with van der Waals surface area (Å²) in [6, 6.07) is 2.44. The third-order valence-electron chi connectivity index (χ3n) is 4.50. The molecule has 0 radical (unpaired) electrons. The number of halogens is 1. The topological polar surface area (TPSA) is 118 Å². The Bertz CT molecular complexity index is 923. The standard InChI is InChI=1S/C17H21FN6O2/c1-20-16(21-8-19)14-11(4-3-5-26-2)22-12-7-9(18)6-10-13(12)15(14)23-24-17(10)25/h6-8,11,14,22H,3-5H2,1-2H3,(H,24,25)(H2,19,20,21). The van der Waals surface area contributed by atoms with Crippen LogP contribution in [-0.4, -0.2) is 49.2 Å². The molecule has 2 atom stereocenters. The van der Waals surface area contributed by atoms with Gasteiger partial charge in [-0.05, 0) is 25.0 Å². The largest absolute Gasteiger partial charge is 0.390 e. The molecular weight excluding hydrogens is 339 g/mol. The number of nitrogens with two attached hydrogens (primary N) is 1. The molecule has 2 aromatic rings. The van der Waals surface area contributed by atoms with Gasteiger partial charge in [0.25, 0.3) is 5.56 Å². The molecule has 0 fully saturated rings. The number of anilines is 1. The fourth-order valence-electron chi connectivity index (χ4n) is 3.44. The van der Waals surface area contributed by atoms with Gasteiger partial charge >= 0.3 is 0 Å². The summed E-state index contributed by atoms with van der Waals surface area (Å²) in [6.07, 6.45) is 2.68. The van der Waals surface area contributed by atoms with Crippen LogP contribution in [0.5, 0.6) is 0 Å². The number of rotatable bonds is 5. The second kappa shape index (κ2) is 7.61. The zero-order chi connectivity index (χ0) is 18.7. The van der Waals surface area contributed by atoms with Gasteiger partial charge in [-0.3, -0.25) is 9.79 Å². The zero-order valence-electron chi connectivity index (χ0n) is 14.6. The molecule has 2 heterocycles. The van der Waals surface area contributed by atoms with Crippen molar-refractivity contribution in [1.82, 2.24) is 10.2 Å². The van der Waals surface area contributed by atoms with Gasteiger partial charge in [0, 0.05) is 37.9 Å². The number of benzene rings is 1. The molecule has 1 aliphatic heterocycles. The summed E-state index contributed by atoms with van der Waals surface area (Å²) in [5, 5.41) is 10.9. The average molecular weight is 360 g/mol. The van der Waals surface area contributed by atoms with E-state index in [4.69, 9.17) is 10.5 Å². The van der Waals surface area contributed by atoms with E-state index in [1.807, 2.05) is 0 Å². The van der Waals surface area contributed by atoms with Crippen molar-refractivity contribution in [2.75, 3.05) is 26.1 Å². The fraction of sp³-hybridized carbons (Fsp3) is 0.412. The third kappa shape index (κ3) is 3.17. The molecule has 3 rings (SSSR count). The van der Waals surface area contributed by atoms with E-state index in [-0.39, 0.29) is 17.3 Å². The lowest BCUT2D eigenvalue weighted by Gasteiger charge is -2.33. The van der Waals surface area contributed by atoms with Crippen molar-refractivity contribution in [3.05, 3.63) is 34.0 Å². The van der Waals surface area contributed by atoms with Crippen molar-refractivity contribution in [3.63, 3.8) is 0 Å². The maximum atomic E-state index is 14.0. The maximum Gasteiger partial charge on any atom is 0.272 e. The third-order valence-corrected chi connectivity index (χ3v) is 4.50. The van der Waals surface area contributed by atoms with Crippen molar-refractivity contribution in [1.29, 1.82) is 0 Å². The van der Waals surface area contributed by atoms with Crippen LogP contribution in [0.1, 0.15) is 24.5 Å². The summed E-state index contributed by atoms with van der Waals surface area (Å²) >= 11 is 0. The first-order valence-corrected chi connectivity index (χ1v) is 8.29. The molecule has 0 aliphatic carbocycles. The Kier molecular flexibility index (Phi) is 5.27. The molecule has 26 heavy (non-hydrogen) atoms. The molecule has 0 amide bonds. The summed E-state index contributed by atoms with van der Waals surface area (Å²) in [6.45, 7) is 0.591. The van der Waals surface area contributed by atoms with E-state index in [9.17, 15) is 9.18 Å². The molecule has 0 bridgehead atoms. The van der Waals surface area contributed by atoms with E-state index < -0.39 is 11.4 Å². The molecule has 138 valence electrons. The number of H-pyrrole nitrogens is 1. The van der Waals surface area contributed by atoms with E-state index in [0.29, 0.717) is 29.2 Å². The molecular formula is C17H21FN6O2. The molecule has 1 aromatic heterocycles. The van der Waals surface area contributed by atoms with Gasteiger partial charge in [-0.15, -0.1) is 0 Å². The smallest absolute Gasteiger partial charge is 0.272 e. The van der Waals surface area contributed by atoms with E-state index in [2.05, 4.69) is 25.5 Å². The minimum absolute atomic E-state index is 0.150. The highest BCUT2D eigenvalue weighted by Crippen LogP contribution is 2.39. The molecule has 0 spiro atoms. The first-order chi connectivity index (χ1) is 12.6. The molecule has 2 unspecified atom stereocenters. The molecule has 8 nitrogen and oxygen atoms in total. The number of hydrogen-bond donors (Lipinski definition) is 3. The van der Waals surface area contributed by atoms with Crippen LogP contribution in [0.4, 0.5) is 10.1 Å². The number of amidine groups is 1. The SMILES string of the molecule is CN=C(N=CN)C1c2n[nH]c(=O)c3cc(F)cc(c23)NC1CCCOC.